The third kappa shape index (κ3) is 10.1. The number of hydrogen-bond donors (Lipinski definition) is 1. The molecule has 0 saturated carbocycles. The van der Waals surface area contributed by atoms with E-state index in [0.717, 1.165) is 0 Å². The Labute approximate surface area is 105 Å². The molecule has 0 aliphatic rings. The van der Waals surface area contributed by atoms with Gasteiger partial charge < -0.3 is 15.0 Å². The van der Waals surface area contributed by atoms with Gasteiger partial charge in [0, 0.05) is 0 Å². The smallest absolute Gasteiger partial charge is 0.550 e. The van der Waals surface area contributed by atoms with E-state index in [1.54, 1.807) is 0 Å². The Balaban J connectivity index is 0. The number of carbonyl (C=O) groups excluding carboxylic acids is 1. The van der Waals surface area contributed by atoms with Crippen LogP contribution in [0.3, 0.4) is 0 Å². The molecule has 0 aromatic heterocycles. The third-order valence-corrected chi connectivity index (χ3v) is 0.296. The van der Waals surface area contributed by atoms with Crippen LogP contribution in [0.4, 0.5) is 0 Å². The first-order valence-corrected chi connectivity index (χ1v) is 1.54. The van der Waals surface area contributed by atoms with Crippen LogP contribution in [0.15, 0.2) is 0 Å². The van der Waals surface area contributed by atoms with Crippen LogP contribution in [-0.2, 0) is 9.59 Å². The maximum Gasteiger partial charge on any atom is 1.00 e. The summed E-state index contributed by atoms with van der Waals surface area (Å²) in [5.74, 6) is -2.94. The molecule has 0 atom stereocenters. The largest absolute Gasteiger partial charge is 1.00 e. The molecule has 0 unspecified atom stereocenters. The number of hydrogen-bond acceptors (Lipinski definition) is 3. The van der Waals surface area contributed by atoms with E-state index >= 15 is 0 Å². The minimum atomic E-state index is -1.56. The molecule has 0 aromatic carbocycles. The van der Waals surface area contributed by atoms with Gasteiger partial charge >= 0.3 is 74.9 Å². The van der Waals surface area contributed by atoms with Crippen LogP contribution in [0, 0.1) is 0 Å². The molecule has 0 aliphatic heterocycles. The second kappa shape index (κ2) is 6.12. The Hall–Kier alpha value is 0.992. The van der Waals surface area contributed by atoms with Crippen LogP contribution in [-0.4, -0.2) is 17.0 Å². The predicted molar refractivity (Wildman–Crippen MR) is 17.3 cm³/mol. The first kappa shape index (κ1) is 11.7. The molecule has 0 amide bonds. The summed E-state index contributed by atoms with van der Waals surface area (Å²) in [4.78, 5) is 18.7. The fraction of sp³-hybridized carbons (Fsp3) is 0.333. The molecule has 0 saturated heterocycles. The van der Waals surface area contributed by atoms with Crippen molar-refractivity contribution in [2.45, 2.75) is 6.42 Å². The van der Waals surface area contributed by atoms with Gasteiger partial charge in [0.25, 0.3) is 0 Å². The van der Waals surface area contributed by atoms with Gasteiger partial charge in [-0.05, 0) is 0 Å². The van der Waals surface area contributed by atoms with E-state index in [2.05, 4.69) is 0 Å². The van der Waals surface area contributed by atoms with Gasteiger partial charge in [0.05, 0.1) is 12.4 Å². The average Bonchev–Trinajstić information content (AvgIpc) is 1.27. The standard InChI is InChI=1S/C3H4O4.Cs/c4-2(5)1-3(6)7;/h1H2,(H,4,5)(H,6,7);/q;+1/p-1. The molecule has 8 heavy (non-hydrogen) atoms. The van der Waals surface area contributed by atoms with Crippen molar-refractivity contribution in [1.29, 1.82) is 0 Å². The molecular weight excluding hydrogens is 233 g/mol. The quantitative estimate of drug-likeness (QED) is 0.488. The normalized spacial score (nSPS) is 7.00. The monoisotopic (exact) mass is 236 g/mol. The van der Waals surface area contributed by atoms with E-state index in [1.165, 1.54) is 0 Å². The van der Waals surface area contributed by atoms with Crippen molar-refractivity contribution in [1.82, 2.24) is 0 Å². The summed E-state index contributed by atoms with van der Waals surface area (Å²) in [7, 11) is 0. The van der Waals surface area contributed by atoms with Crippen molar-refractivity contribution in [3.05, 3.63) is 0 Å². The second-order valence-corrected chi connectivity index (χ2v) is 0.943. The topological polar surface area (TPSA) is 77.4 Å². The fourth-order valence-corrected chi connectivity index (χ4v) is 0.123. The molecule has 0 radical (unpaired) electrons. The Morgan fingerprint density at radius 2 is 1.88 bits per heavy atom. The van der Waals surface area contributed by atoms with Gasteiger partial charge in [-0.3, -0.25) is 4.79 Å². The van der Waals surface area contributed by atoms with Crippen LogP contribution in [0.5, 0.6) is 0 Å². The van der Waals surface area contributed by atoms with E-state index in [9.17, 15) is 14.7 Å². The van der Waals surface area contributed by atoms with E-state index < -0.39 is 18.4 Å². The van der Waals surface area contributed by atoms with E-state index in [1.807, 2.05) is 0 Å². The van der Waals surface area contributed by atoms with Gasteiger partial charge in [0.2, 0.25) is 0 Å². The summed E-state index contributed by atoms with van der Waals surface area (Å²) in [5, 5.41) is 17.0. The Bertz CT molecular complexity index is 87.5. The Morgan fingerprint density at radius 3 is 1.88 bits per heavy atom. The van der Waals surface area contributed by atoms with Gasteiger partial charge in [0.15, 0.2) is 0 Å². The van der Waals surface area contributed by atoms with Crippen LogP contribution < -0.4 is 74.0 Å². The van der Waals surface area contributed by atoms with Crippen molar-refractivity contribution in [2.24, 2.45) is 0 Å². The second-order valence-electron chi connectivity index (χ2n) is 0.943. The number of carbonyl (C=O) groups is 2. The summed E-state index contributed by atoms with van der Waals surface area (Å²) in [6.07, 6.45) is -0.917. The molecule has 4 nitrogen and oxygen atoms in total. The van der Waals surface area contributed by atoms with Gasteiger partial charge in [0.1, 0.15) is 0 Å². The molecule has 40 valence electrons. The molecule has 5 heteroatoms. The first-order chi connectivity index (χ1) is 3.13. The predicted octanol–water partition coefficient (Wildman–Crippen LogP) is -4.78. The summed E-state index contributed by atoms with van der Waals surface area (Å²) < 4.78 is 0. The maximum absolute atomic E-state index is 9.39. The van der Waals surface area contributed by atoms with Gasteiger partial charge in [-0.1, -0.05) is 0 Å². The van der Waals surface area contributed by atoms with Crippen molar-refractivity contribution in [3.63, 3.8) is 0 Å². The van der Waals surface area contributed by atoms with Crippen molar-refractivity contribution in [3.8, 4) is 0 Å². The number of carboxylic acids is 2. The number of carboxylic acid groups (broad SMARTS) is 2. The molecule has 0 aliphatic carbocycles. The van der Waals surface area contributed by atoms with Crippen molar-refractivity contribution >= 4 is 11.9 Å². The van der Waals surface area contributed by atoms with Crippen molar-refractivity contribution < 1.29 is 88.7 Å². The van der Waals surface area contributed by atoms with Gasteiger partial charge in [-0.25, -0.2) is 0 Å². The first-order valence-electron chi connectivity index (χ1n) is 1.54. The van der Waals surface area contributed by atoms with Gasteiger partial charge in [-0.2, -0.15) is 0 Å². The van der Waals surface area contributed by atoms with Crippen LogP contribution in [0.2, 0.25) is 0 Å². The average molecular weight is 236 g/mol. The summed E-state index contributed by atoms with van der Waals surface area (Å²) >= 11 is 0. The minimum absolute atomic E-state index is 0. The van der Waals surface area contributed by atoms with E-state index in [0.29, 0.717) is 0 Å². The molecule has 0 bridgehead atoms. The molecule has 1 N–H and O–H groups in total. The summed E-state index contributed by atoms with van der Waals surface area (Å²) in [6, 6.07) is 0. The molecular formula is C3H3CsO4. The Kier molecular flexibility index (Phi) is 8.98. The zero-order chi connectivity index (χ0) is 5.86. The molecule has 0 rings (SSSR count). The van der Waals surface area contributed by atoms with Gasteiger partial charge in [-0.15, -0.1) is 0 Å². The van der Waals surface area contributed by atoms with Crippen LogP contribution in [0.25, 0.3) is 0 Å². The summed E-state index contributed by atoms with van der Waals surface area (Å²) in [6.45, 7) is 0. The SMILES string of the molecule is O=C([O-])CC(=O)O.[Cs+]. The Morgan fingerprint density at radius 1 is 1.50 bits per heavy atom. The maximum atomic E-state index is 9.39. The third-order valence-electron chi connectivity index (χ3n) is 0.296. The molecule has 0 fully saturated rings. The number of aliphatic carboxylic acids is 2. The number of rotatable bonds is 2. The van der Waals surface area contributed by atoms with Crippen LogP contribution >= 0.6 is 0 Å². The van der Waals surface area contributed by atoms with Crippen molar-refractivity contribution in [2.75, 3.05) is 0 Å². The van der Waals surface area contributed by atoms with E-state index in [4.69, 9.17) is 5.11 Å². The molecule has 0 heterocycles. The zero-order valence-electron chi connectivity index (χ0n) is 4.38. The minimum Gasteiger partial charge on any atom is -0.550 e. The summed E-state index contributed by atoms with van der Waals surface area (Å²) in [5.41, 5.74) is 0. The van der Waals surface area contributed by atoms with Crippen LogP contribution in [0.1, 0.15) is 6.42 Å². The molecule has 0 spiro atoms. The molecule has 0 aromatic rings. The fourth-order valence-electron chi connectivity index (χ4n) is 0.123. The zero-order valence-corrected chi connectivity index (χ0v) is 10.7. The van der Waals surface area contributed by atoms with E-state index in [-0.39, 0.29) is 68.9 Å².